The van der Waals surface area contributed by atoms with Gasteiger partial charge < -0.3 is 4.74 Å². The Labute approximate surface area is 109 Å². The van der Waals surface area contributed by atoms with Crippen molar-refractivity contribution in [2.24, 2.45) is 11.8 Å². The van der Waals surface area contributed by atoms with Gasteiger partial charge in [-0.2, -0.15) is 0 Å². The zero-order chi connectivity index (χ0) is 12.8. The van der Waals surface area contributed by atoms with Crippen LogP contribution in [-0.4, -0.2) is 23.7 Å². The summed E-state index contributed by atoms with van der Waals surface area (Å²) >= 11 is 0. The summed E-state index contributed by atoms with van der Waals surface area (Å²) in [7, 11) is 0. The molecule has 0 amide bonds. The summed E-state index contributed by atoms with van der Waals surface area (Å²) in [6.07, 6.45) is 8.62. The lowest BCUT2D eigenvalue weighted by Crippen LogP contribution is -2.42. The number of ether oxygens (including phenoxy) is 1. The highest BCUT2D eigenvalue weighted by Gasteiger charge is 2.31. The molecular formula is C14H23N3O. The third-order valence-electron chi connectivity index (χ3n) is 3.65. The van der Waals surface area contributed by atoms with Crippen molar-refractivity contribution in [1.29, 1.82) is 0 Å². The molecule has 1 aromatic rings. The number of nitrogens with zero attached hydrogens (tertiary/aromatic N) is 1. The highest BCUT2D eigenvalue weighted by atomic mass is 16.5. The lowest BCUT2D eigenvalue weighted by atomic mass is 9.77. The second-order valence-electron chi connectivity index (χ2n) is 5.08. The van der Waals surface area contributed by atoms with Crippen molar-refractivity contribution in [3.8, 4) is 0 Å². The molecule has 1 saturated carbocycles. The van der Waals surface area contributed by atoms with Gasteiger partial charge in [0.1, 0.15) is 0 Å². The van der Waals surface area contributed by atoms with E-state index < -0.39 is 0 Å². The molecule has 1 aromatic heterocycles. The van der Waals surface area contributed by atoms with Gasteiger partial charge in [-0.25, -0.2) is 0 Å². The molecule has 2 rings (SSSR count). The van der Waals surface area contributed by atoms with Crippen LogP contribution in [0.2, 0.25) is 0 Å². The van der Waals surface area contributed by atoms with E-state index in [-0.39, 0.29) is 0 Å². The molecule has 1 heterocycles. The van der Waals surface area contributed by atoms with Crippen LogP contribution in [0.5, 0.6) is 0 Å². The van der Waals surface area contributed by atoms with Crippen LogP contribution >= 0.6 is 0 Å². The largest absolute Gasteiger partial charge is 0.378 e. The zero-order valence-electron chi connectivity index (χ0n) is 11.0. The number of hydrogen-bond donors (Lipinski definition) is 2. The van der Waals surface area contributed by atoms with Crippen molar-refractivity contribution in [2.45, 2.75) is 44.8 Å². The molecule has 0 bridgehead atoms. The van der Waals surface area contributed by atoms with Crippen LogP contribution in [-0.2, 0) is 11.2 Å². The molecule has 4 nitrogen and oxygen atoms in total. The second kappa shape index (κ2) is 6.83. The van der Waals surface area contributed by atoms with Crippen LogP contribution in [0.4, 0.5) is 0 Å². The maximum atomic E-state index is 5.64. The molecule has 1 atom stereocenters. The van der Waals surface area contributed by atoms with Crippen LogP contribution in [0, 0.1) is 5.92 Å². The molecule has 4 heteroatoms. The van der Waals surface area contributed by atoms with E-state index in [9.17, 15) is 0 Å². The third-order valence-corrected chi connectivity index (χ3v) is 3.65. The van der Waals surface area contributed by atoms with Gasteiger partial charge >= 0.3 is 0 Å². The van der Waals surface area contributed by atoms with Crippen LogP contribution < -0.4 is 11.3 Å². The summed E-state index contributed by atoms with van der Waals surface area (Å²) in [4.78, 5) is 4.13. The molecule has 0 radical (unpaired) electrons. The van der Waals surface area contributed by atoms with E-state index in [0.29, 0.717) is 12.1 Å². The van der Waals surface area contributed by atoms with Gasteiger partial charge in [-0.15, -0.1) is 0 Å². The summed E-state index contributed by atoms with van der Waals surface area (Å²) in [5.41, 5.74) is 4.17. The van der Waals surface area contributed by atoms with Crippen molar-refractivity contribution >= 4 is 0 Å². The predicted molar refractivity (Wildman–Crippen MR) is 71.8 cm³/mol. The molecule has 1 aliphatic carbocycles. The highest BCUT2D eigenvalue weighted by Crippen LogP contribution is 2.33. The lowest BCUT2D eigenvalue weighted by molar-refractivity contribution is -0.0290. The number of nitrogens with two attached hydrogens (primary N) is 1. The number of hydrazine groups is 1. The summed E-state index contributed by atoms with van der Waals surface area (Å²) in [6, 6.07) is 4.40. The molecule has 1 aliphatic rings. The summed E-state index contributed by atoms with van der Waals surface area (Å²) < 4.78 is 5.58. The molecule has 100 valence electrons. The molecule has 18 heavy (non-hydrogen) atoms. The number of aromatic nitrogens is 1. The van der Waals surface area contributed by atoms with Crippen LogP contribution in [0.15, 0.2) is 24.5 Å². The fraction of sp³-hybridized carbons (Fsp3) is 0.643. The van der Waals surface area contributed by atoms with E-state index in [1.165, 1.54) is 18.4 Å². The van der Waals surface area contributed by atoms with Crippen molar-refractivity contribution in [2.75, 3.05) is 6.61 Å². The first-order valence-corrected chi connectivity index (χ1v) is 6.78. The van der Waals surface area contributed by atoms with Crippen molar-refractivity contribution in [3.05, 3.63) is 30.1 Å². The van der Waals surface area contributed by atoms with E-state index in [1.54, 1.807) is 6.20 Å². The molecule has 0 spiro atoms. The maximum Gasteiger partial charge on any atom is 0.0580 e. The third kappa shape index (κ3) is 3.77. The zero-order valence-corrected chi connectivity index (χ0v) is 11.0. The number of nitrogens with one attached hydrogen (secondary N) is 1. The first kappa shape index (κ1) is 13.5. The van der Waals surface area contributed by atoms with E-state index in [2.05, 4.69) is 23.4 Å². The van der Waals surface area contributed by atoms with E-state index in [0.717, 1.165) is 25.4 Å². The van der Waals surface area contributed by atoms with Gasteiger partial charge in [-0.1, -0.05) is 6.07 Å². The number of pyridine rings is 1. The standard InChI is InChI=1S/C14H23N3O/c1-2-18-14-8-12(9-14)7-13(17-15)6-11-4-3-5-16-10-11/h3-5,10,12-14,17H,2,6-9,15H2,1H3. The molecule has 0 aliphatic heterocycles. The Balaban J connectivity index is 1.74. The first-order valence-electron chi connectivity index (χ1n) is 6.78. The van der Waals surface area contributed by atoms with E-state index in [1.807, 2.05) is 12.3 Å². The van der Waals surface area contributed by atoms with Gasteiger partial charge in [0.15, 0.2) is 0 Å². The smallest absolute Gasteiger partial charge is 0.0580 e. The minimum Gasteiger partial charge on any atom is -0.378 e. The Bertz CT molecular complexity index is 338. The Kier molecular flexibility index (Phi) is 5.11. The van der Waals surface area contributed by atoms with Gasteiger partial charge in [-0.3, -0.25) is 16.3 Å². The highest BCUT2D eigenvalue weighted by molar-refractivity contribution is 5.10. The average molecular weight is 249 g/mol. The fourth-order valence-corrected chi connectivity index (χ4v) is 2.65. The Morgan fingerprint density at radius 2 is 2.39 bits per heavy atom. The van der Waals surface area contributed by atoms with Gasteiger partial charge in [0.2, 0.25) is 0 Å². The summed E-state index contributed by atoms with van der Waals surface area (Å²) in [5, 5.41) is 0. The minimum atomic E-state index is 0.335. The van der Waals surface area contributed by atoms with Gasteiger partial charge in [0.05, 0.1) is 6.10 Å². The molecule has 1 fully saturated rings. The SMILES string of the molecule is CCOC1CC(CC(Cc2cccnc2)NN)C1. The summed E-state index contributed by atoms with van der Waals surface area (Å²) in [5.74, 6) is 6.39. The first-order chi connectivity index (χ1) is 8.81. The Morgan fingerprint density at radius 3 is 3.00 bits per heavy atom. The molecule has 3 N–H and O–H groups in total. The van der Waals surface area contributed by atoms with Crippen LogP contribution in [0.25, 0.3) is 0 Å². The van der Waals surface area contributed by atoms with Crippen LogP contribution in [0.3, 0.4) is 0 Å². The fourth-order valence-electron chi connectivity index (χ4n) is 2.65. The minimum absolute atomic E-state index is 0.335. The summed E-state index contributed by atoms with van der Waals surface area (Å²) in [6.45, 7) is 2.88. The van der Waals surface area contributed by atoms with Crippen LogP contribution in [0.1, 0.15) is 31.7 Å². The second-order valence-corrected chi connectivity index (χ2v) is 5.08. The predicted octanol–water partition coefficient (Wildman–Crippen LogP) is 1.66. The normalized spacial score (nSPS) is 24.6. The quantitative estimate of drug-likeness (QED) is 0.570. The number of hydrogen-bond acceptors (Lipinski definition) is 4. The topological polar surface area (TPSA) is 60.2 Å². The molecule has 0 aromatic carbocycles. The van der Waals surface area contributed by atoms with E-state index >= 15 is 0 Å². The van der Waals surface area contributed by atoms with Gasteiger partial charge in [-0.05, 0) is 50.2 Å². The van der Waals surface area contributed by atoms with Crippen molar-refractivity contribution in [1.82, 2.24) is 10.4 Å². The number of rotatable bonds is 7. The van der Waals surface area contributed by atoms with Gasteiger partial charge in [0.25, 0.3) is 0 Å². The van der Waals surface area contributed by atoms with Gasteiger partial charge in [0, 0.05) is 25.0 Å². The van der Waals surface area contributed by atoms with E-state index in [4.69, 9.17) is 10.6 Å². The average Bonchev–Trinajstić information content (AvgIpc) is 2.36. The monoisotopic (exact) mass is 249 g/mol. The Morgan fingerprint density at radius 1 is 1.56 bits per heavy atom. The lowest BCUT2D eigenvalue weighted by Gasteiger charge is -2.36. The van der Waals surface area contributed by atoms with Crippen molar-refractivity contribution < 1.29 is 4.74 Å². The maximum absolute atomic E-state index is 5.64. The van der Waals surface area contributed by atoms with Crippen molar-refractivity contribution in [3.63, 3.8) is 0 Å². The Hall–Kier alpha value is -0.970. The molecule has 1 unspecified atom stereocenters. The molecular weight excluding hydrogens is 226 g/mol. The molecule has 0 saturated heterocycles.